The number of hydrogen-bond acceptors (Lipinski definition) is 5. The molecule has 2 aromatic heterocycles. The Kier molecular flexibility index (Phi) is 6.70. The molecule has 0 spiro atoms. The van der Waals surface area contributed by atoms with E-state index in [0.29, 0.717) is 12.2 Å². The average Bonchev–Trinajstić information content (AvgIpc) is 3.27. The maximum absolute atomic E-state index is 13.4. The Morgan fingerprint density at radius 2 is 2.00 bits per heavy atom. The topological polar surface area (TPSA) is 54.3 Å². The number of nitrogens with zero attached hydrogens (tertiary/aromatic N) is 5. The lowest BCUT2D eigenvalue weighted by molar-refractivity contribution is 0.0980. The number of aromatic nitrogens is 3. The minimum absolute atomic E-state index is 0.0802. The third-order valence-electron chi connectivity index (χ3n) is 4.97. The maximum atomic E-state index is 13.4. The monoisotopic (exact) mass is 413 g/mol. The summed E-state index contributed by atoms with van der Waals surface area (Å²) < 4.78 is 3.02. The van der Waals surface area contributed by atoms with Crippen molar-refractivity contribution < 1.29 is 4.79 Å². The molecule has 0 fully saturated rings. The number of benzene rings is 1. The first-order valence-electron chi connectivity index (χ1n) is 10.2. The van der Waals surface area contributed by atoms with Crippen molar-refractivity contribution in [3.8, 4) is 0 Å². The number of carbonyl (C=O) groups excluding carboxylic acids is 1. The van der Waals surface area contributed by atoms with E-state index >= 15 is 0 Å². The number of anilines is 1. The zero-order valence-corrected chi connectivity index (χ0v) is 19.1. The van der Waals surface area contributed by atoms with Crippen LogP contribution in [0.5, 0.6) is 0 Å². The fourth-order valence-electron chi connectivity index (χ4n) is 3.48. The summed E-state index contributed by atoms with van der Waals surface area (Å²) in [4.78, 5) is 22.2. The summed E-state index contributed by atoms with van der Waals surface area (Å²) in [5, 5.41) is 5.33. The highest BCUT2D eigenvalue weighted by Gasteiger charge is 2.24. The van der Waals surface area contributed by atoms with Gasteiger partial charge in [-0.05, 0) is 71.9 Å². The molecule has 0 saturated carbocycles. The maximum Gasteiger partial charge on any atom is 0.280 e. The van der Waals surface area contributed by atoms with E-state index in [1.54, 1.807) is 16.2 Å². The van der Waals surface area contributed by atoms with Crippen LogP contribution in [0.4, 0.5) is 5.13 Å². The molecule has 0 unspecified atom stereocenters. The minimum atomic E-state index is -0.0802. The van der Waals surface area contributed by atoms with Gasteiger partial charge in [-0.1, -0.05) is 30.4 Å². The van der Waals surface area contributed by atoms with Crippen LogP contribution in [0.2, 0.25) is 0 Å². The second kappa shape index (κ2) is 9.05. The van der Waals surface area contributed by atoms with Gasteiger partial charge in [0, 0.05) is 18.3 Å². The van der Waals surface area contributed by atoms with Gasteiger partial charge < -0.3 is 4.90 Å². The average molecular weight is 414 g/mol. The molecular formula is C22H31N5OS. The number of amides is 1. The number of aryl methyl sites for hydroxylation is 2. The predicted molar refractivity (Wildman–Crippen MR) is 121 cm³/mol. The molecule has 7 heteroatoms. The van der Waals surface area contributed by atoms with Crippen LogP contribution in [0.25, 0.3) is 10.2 Å². The summed E-state index contributed by atoms with van der Waals surface area (Å²) in [6.07, 6.45) is 1.80. The van der Waals surface area contributed by atoms with Crippen molar-refractivity contribution in [2.24, 2.45) is 0 Å². The summed E-state index contributed by atoms with van der Waals surface area (Å²) in [5.74, 6) is -0.0802. The van der Waals surface area contributed by atoms with Crippen molar-refractivity contribution in [2.75, 3.05) is 32.1 Å². The lowest BCUT2D eigenvalue weighted by Crippen LogP contribution is -2.33. The minimum Gasteiger partial charge on any atom is -0.309 e. The molecule has 3 rings (SSSR count). The Labute approximate surface area is 177 Å². The third-order valence-corrected chi connectivity index (χ3v) is 6.01. The zero-order chi connectivity index (χ0) is 21.1. The molecule has 0 N–H and O–H groups in total. The zero-order valence-electron chi connectivity index (χ0n) is 18.3. The second-order valence-corrected chi connectivity index (χ2v) is 8.95. The van der Waals surface area contributed by atoms with E-state index in [9.17, 15) is 4.79 Å². The summed E-state index contributed by atoms with van der Waals surface area (Å²) in [5.41, 5.74) is 3.69. The van der Waals surface area contributed by atoms with Gasteiger partial charge in [-0.25, -0.2) is 4.98 Å². The van der Waals surface area contributed by atoms with Gasteiger partial charge in [0.25, 0.3) is 5.91 Å². The highest BCUT2D eigenvalue weighted by Crippen LogP contribution is 2.32. The van der Waals surface area contributed by atoms with Crippen LogP contribution in [0.15, 0.2) is 24.3 Å². The number of fused-ring (bicyclic) bond motifs is 1. The molecule has 0 atom stereocenters. The van der Waals surface area contributed by atoms with Gasteiger partial charge in [0.05, 0.1) is 10.2 Å². The molecular weight excluding hydrogens is 382 g/mol. The van der Waals surface area contributed by atoms with Crippen molar-refractivity contribution >= 4 is 32.6 Å². The molecule has 0 bridgehead atoms. The van der Waals surface area contributed by atoms with Crippen LogP contribution in [0, 0.1) is 6.92 Å². The third kappa shape index (κ3) is 4.67. The van der Waals surface area contributed by atoms with Crippen LogP contribution >= 0.6 is 11.3 Å². The number of para-hydroxylation sites is 1. The smallest absolute Gasteiger partial charge is 0.280 e. The van der Waals surface area contributed by atoms with E-state index in [-0.39, 0.29) is 11.9 Å². The molecule has 156 valence electrons. The van der Waals surface area contributed by atoms with Gasteiger partial charge in [0.15, 0.2) is 10.8 Å². The number of hydrogen-bond donors (Lipinski definition) is 0. The van der Waals surface area contributed by atoms with Crippen LogP contribution < -0.4 is 4.90 Å². The van der Waals surface area contributed by atoms with Crippen LogP contribution in [0.3, 0.4) is 0 Å². The van der Waals surface area contributed by atoms with E-state index in [0.717, 1.165) is 40.4 Å². The van der Waals surface area contributed by atoms with Crippen molar-refractivity contribution in [3.05, 3.63) is 41.2 Å². The molecule has 3 aromatic rings. The van der Waals surface area contributed by atoms with Crippen LogP contribution in [0.1, 0.15) is 55.0 Å². The van der Waals surface area contributed by atoms with Crippen molar-refractivity contribution in [3.63, 3.8) is 0 Å². The van der Waals surface area contributed by atoms with Crippen molar-refractivity contribution in [1.82, 2.24) is 19.7 Å². The standard InChI is InChI=1S/C22H31N5OS/c1-7-17-10-8-11-19-20(17)23-22(29-19)26(13-9-12-25(5)6)21(28)18-14-16(4)27(24-18)15(2)3/h8,10-11,14-15H,7,9,12-13H2,1-6H3. The molecule has 2 heterocycles. The Morgan fingerprint density at radius 1 is 1.24 bits per heavy atom. The van der Waals surface area contributed by atoms with Gasteiger partial charge in [-0.2, -0.15) is 5.10 Å². The number of rotatable bonds is 8. The first kappa shape index (κ1) is 21.5. The van der Waals surface area contributed by atoms with E-state index in [2.05, 4.69) is 49.0 Å². The number of carbonyl (C=O) groups is 1. The highest BCUT2D eigenvalue weighted by molar-refractivity contribution is 7.22. The summed E-state index contributed by atoms with van der Waals surface area (Å²) in [7, 11) is 4.09. The Balaban J connectivity index is 1.98. The SMILES string of the molecule is CCc1cccc2sc(N(CCCN(C)C)C(=O)c3cc(C)n(C(C)C)n3)nc12. The lowest BCUT2D eigenvalue weighted by Gasteiger charge is -2.20. The molecule has 1 amide bonds. The lowest BCUT2D eigenvalue weighted by atomic mass is 10.1. The second-order valence-electron chi connectivity index (χ2n) is 7.94. The first-order chi connectivity index (χ1) is 13.8. The molecule has 0 radical (unpaired) electrons. The molecule has 0 aliphatic heterocycles. The van der Waals surface area contributed by atoms with Crippen LogP contribution in [-0.4, -0.2) is 52.8 Å². The molecule has 0 aliphatic carbocycles. The van der Waals surface area contributed by atoms with E-state index in [1.807, 2.05) is 31.8 Å². The van der Waals surface area contributed by atoms with Gasteiger partial charge in [-0.15, -0.1) is 0 Å². The quantitative estimate of drug-likeness (QED) is 0.544. The first-order valence-corrected chi connectivity index (χ1v) is 11.0. The largest absolute Gasteiger partial charge is 0.309 e. The predicted octanol–water partition coefficient (Wildman–Crippen LogP) is 4.54. The Hall–Kier alpha value is -2.25. The van der Waals surface area contributed by atoms with E-state index in [4.69, 9.17) is 4.98 Å². The molecule has 6 nitrogen and oxygen atoms in total. The summed E-state index contributed by atoms with van der Waals surface area (Å²) in [6.45, 7) is 9.80. The molecule has 1 aromatic carbocycles. The molecule has 0 saturated heterocycles. The van der Waals surface area contributed by atoms with E-state index < -0.39 is 0 Å². The van der Waals surface area contributed by atoms with Gasteiger partial charge >= 0.3 is 0 Å². The summed E-state index contributed by atoms with van der Waals surface area (Å²) >= 11 is 1.58. The fraction of sp³-hybridized carbons (Fsp3) is 0.500. The fourth-order valence-corrected chi connectivity index (χ4v) is 4.52. The van der Waals surface area contributed by atoms with Crippen molar-refractivity contribution in [1.29, 1.82) is 0 Å². The van der Waals surface area contributed by atoms with Gasteiger partial charge in [0.1, 0.15) is 0 Å². The Bertz CT molecular complexity index is 988. The van der Waals surface area contributed by atoms with E-state index in [1.165, 1.54) is 5.56 Å². The van der Waals surface area contributed by atoms with Crippen LogP contribution in [-0.2, 0) is 6.42 Å². The highest BCUT2D eigenvalue weighted by atomic mass is 32.1. The van der Waals surface area contributed by atoms with Gasteiger partial charge in [0.2, 0.25) is 0 Å². The number of thiazole rings is 1. The molecule has 29 heavy (non-hydrogen) atoms. The van der Waals surface area contributed by atoms with Gasteiger partial charge in [-0.3, -0.25) is 14.4 Å². The Morgan fingerprint density at radius 3 is 2.62 bits per heavy atom. The normalized spacial score (nSPS) is 11.7. The van der Waals surface area contributed by atoms with Crippen molar-refractivity contribution in [2.45, 2.75) is 46.6 Å². The molecule has 0 aliphatic rings. The summed E-state index contributed by atoms with van der Waals surface area (Å²) in [6, 6.07) is 8.35.